The highest BCUT2D eigenvalue weighted by atomic mass is 79.9. The lowest BCUT2D eigenvalue weighted by Crippen LogP contribution is -2.46. The van der Waals surface area contributed by atoms with Crippen molar-refractivity contribution < 1.29 is 9.53 Å². The number of nitrogens with zero attached hydrogens (tertiary/aromatic N) is 1. The van der Waals surface area contributed by atoms with Gasteiger partial charge in [-0.15, -0.1) is 0 Å². The Hall–Kier alpha value is -0.870. The van der Waals surface area contributed by atoms with E-state index in [-0.39, 0.29) is 11.4 Å². The van der Waals surface area contributed by atoms with Crippen molar-refractivity contribution >= 4 is 27.5 Å². The number of carbonyl (C=O) groups is 1. The lowest BCUT2D eigenvalue weighted by atomic mass is 9.95. The minimum Gasteiger partial charge on any atom is -0.379 e. The highest BCUT2D eigenvalue weighted by molar-refractivity contribution is 9.10. The second-order valence-electron chi connectivity index (χ2n) is 4.73. The van der Waals surface area contributed by atoms with Crippen LogP contribution in [0.15, 0.2) is 28.7 Å². The van der Waals surface area contributed by atoms with Gasteiger partial charge in [0, 0.05) is 23.2 Å². The third-order valence-corrected chi connectivity index (χ3v) is 4.22. The lowest BCUT2D eigenvalue weighted by molar-refractivity contribution is -0.117. The van der Waals surface area contributed by atoms with E-state index in [4.69, 9.17) is 4.74 Å². The first-order valence-corrected chi connectivity index (χ1v) is 6.67. The highest BCUT2D eigenvalue weighted by Crippen LogP contribution is 2.40. The Bertz CT molecular complexity index is 437. The van der Waals surface area contributed by atoms with Gasteiger partial charge in [-0.05, 0) is 37.1 Å². The zero-order chi connectivity index (χ0) is 11.9. The number of halogens is 1. The van der Waals surface area contributed by atoms with Crippen LogP contribution in [0.2, 0.25) is 0 Å². The maximum absolute atomic E-state index is 12.1. The average Bonchev–Trinajstić information content (AvgIpc) is 2.91. The van der Waals surface area contributed by atoms with Crippen molar-refractivity contribution in [3.05, 3.63) is 28.7 Å². The first kappa shape index (κ1) is 11.2. The quantitative estimate of drug-likeness (QED) is 0.797. The second-order valence-corrected chi connectivity index (χ2v) is 5.65. The van der Waals surface area contributed by atoms with Gasteiger partial charge in [-0.25, -0.2) is 0 Å². The summed E-state index contributed by atoms with van der Waals surface area (Å²) < 4.78 is 6.53. The van der Waals surface area contributed by atoms with Crippen LogP contribution in [0, 0.1) is 0 Å². The van der Waals surface area contributed by atoms with Gasteiger partial charge in [-0.3, -0.25) is 4.79 Å². The van der Waals surface area contributed by atoms with Crippen molar-refractivity contribution in [1.82, 2.24) is 0 Å². The molecule has 0 saturated carbocycles. The molecule has 1 aromatic carbocycles. The predicted molar refractivity (Wildman–Crippen MR) is 69.0 cm³/mol. The van der Waals surface area contributed by atoms with Crippen LogP contribution >= 0.6 is 15.9 Å². The molecule has 2 aliphatic rings. The fourth-order valence-corrected chi connectivity index (χ4v) is 3.07. The Kier molecular flexibility index (Phi) is 2.71. The van der Waals surface area contributed by atoms with Gasteiger partial charge in [-0.2, -0.15) is 0 Å². The summed E-state index contributed by atoms with van der Waals surface area (Å²) in [6.07, 6.45) is 2.51. The van der Waals surface area contributed by atoms with E-state index in [0.717, 1.165) is 29.6 Å². The summed E-state index contributed by atoms with van der Waals surface area (Å²) in [7, 11) is 0. The molecule has 90 valence electrons. The summed E-state index contributed by atoms with van der Waals surface area (Å²) in [5.41, 5.74) is 0.909. The number of anilines is 1. The molecule has 3 rings (SSSR count). The lowest BCUT2D eigenvalue weighted by Gasteiger charge is -2.33. The molecule has 2 heterocycles. The zero-order valence-corrected chi connectivity index (χ0v) is 11.1. The highest BCUT2D eigenvalue weighted by Gasteiger charge is 2.48. The number of benzene rings is 1. The standard InChI is InChI=1S/C13H14BrNO2/c14-10-1-3-11(4-2-10)15-12(16)5-6-13(15)7-8-17-9-13/h1-4H,5-9H2. The Balaban J connectivity index is 1.98. The van der Waals surface area contributed by atoms with E-state index in [1.165, 1.54) is 0 Å². The molecule has 0 bridgehead atoms. The molecule has 0 aromatic heterocycles. The molecule has 1 atom stereocenters. The fourth-order valence-electron chi connectivity index (χ4n) is 2.81. The molecular weight excluding hydrogens is 282 g/mol. The average molecular weight is 296 g/mol. The van der Waals surface area contributed by atoms with Crippen LogP contribution in [-0.4, -0.2) is 24.7 Å². The monoisotopic (exact) mass is 295 g/mol. The molecule has 2 saturated heterocycles. The van der Waals surface area contributed by atoms with Crippen molar-refractivity contribution in [2.45, 2.75) is 24.8 Å². The van der Waals surface area contributed by atoms with Gasteiger partial charge in [0.25, 0.3) is 0 Å². The fraction of sp³-hybridized carbons (Fsp3) is 0.462. The number of rotatable bonds is 1. The van der Waals surface area contributed by atoms with Gasteiger partial charge in [0.05, 0.1) is 12.1 Å². The number of hydrogen-bond acceptors (Lipinski definition) is 2. The molecule has 17 heavy (non-hydrogen) atoms. The summed E-state index contributed by atoms with van der Waals surface area (Å²) in [4.78, 5) is 14.0. The van der Waals surface area contributed by atoms with Gasteiger partial charge >= 0.3 is 0 Å². The molecule has 1 aromatic rings. The van der Waals surface area contributed by atoms with Gasteiger partial charge in [0.15, 0.2) is 0 Å². The molecule has 0 aliphatic carbocycles. The van der Waals surface area contributed by atoms with E-state index < -0.39 is 0 Å². The largest absolute Gasteiger partial charge is 0.379 e. The van der Waals surface area contributed by atoms with Gasteiger partial charge in [0.2, 0.25) is 5.91 Å². The molecule has 4 heteroatoms. The van der Waals surface area contributed by atoms with E-state index in [0.29, 0.717) is 13.0 Å². The molecule has 1 amide bonds. The van der Waals surface area contributed by atoms with Crippen molar-refractivity contribution in [2.75, 3.05) is 18.1 Å². The van der Waals surface area contributed by atoms with Crippen LogP contribution in [0.4, 0.5) is 5.69 Å². The number of amides is 1. The molecule has 1 spiro atoms. The van der Waals surface area contributed by atoms with E-state index in [9.17, 15) is 4.79 Å². The Morgan fingerprint density at radius 1 is 1.24 bits per heavy atom. The minimum absolute atomic E-state index is 0.0785. The van der Waals surface area contributed by atoms with E-state index in [1.807, 2.05) is 29.2 Å². The van der Waals surface area contributed by atoms with Crippen LogP contribution in [0.5, 0.6) is 0 Å². The third kappa shape index (κ3) is 1.79. The Morgan fingerprint density at radius 3 is 2.65 bits per heavy atom. The molecule has 0 N–H and O–H groups in total. The van der Waals surface area contributed by atoms with E-state index in [2.05, 4.69) is 15.9 Å². The normalized spacial score (nSPS) is 28.3. The summed E-state index contributed by atoms with van der Waals surface area (Å²) in [6.45, 7) is 1.44. The zero-order valence-electron chi connectivity index (χ0n) is 9.49. The molecule has 1 unspecified atom stereocenters. The Morgan fingerprint density at radius 2 is 2.00 bits per heavy atom. The van der Waals surface area contributed by atoms with Gasteiger partial charge in [-0.1, -0.05) is 15.9 Å². The first-order chi connectivity index (χ1) is 8.21. The van der Waals surface area contributed by atoms with Crippen LogP contribution in [0.1, 0.15) is 19.3 Å². The molecule has 0 radical (unpaired) electrons. The van der Waals surface area contributed by atoms with Crippen LogP contribution < -0.4 is 4.90 Å². The third-order valence-electron chi connectivity index (χ3n) is 3.70. The number of carbonyl (C=O) groups excluding carboxylic acids is 1. The summed E-state index contributed by atoms with van der Waals surface area (Å²) >= 11 is 3.42. The molecule has 3 nitrogen and oxygen atoms in total. The molecule has 2 aliphatic heterocycles. The number of ether oxygens (including phenoxy) is 1. The summed E-state index contributed by atoms with van der Waals surface area (Å²) in [5, 5.41) is 0. The second kappa shape index (κ2) is 4.10. The van der Waals surface area contributed by atoms with Crippen molar-refractivity contribution in [3.63, 3.8) is 0 Å². The smallest absolute Gasteiger partial charge is 0.227 e. The summed E-state index contributed by atoms with van der Waals surface area (Å²) in [6, 6.07) is 7.94. The van der Waals surface area contributed by atoms with E-state index in [1.54, 1.807) is 0 Å². The maximum atomic E-state index is 12.1. The van der Waals surface area contributed by atoms with Gasteiger partial charge in [0.1, 0.15) is 0 Å². The van der Waals surface area contributed by atoms with Crippen LogP contribution in [-0.2, 0) is 9.53 Å². The van der Waals surface area contributed by atoms with Crippen molar-refractivity contribution in [3.8, 4) is 0 Å². The number of hydrogen-bond donors (Lipinski definition) is 0. The van der Waals surface area contributed by atoms with Crippen LogP contribution in [0.25, 0.3) is 0 Å². The minimum atomic E-state index is -0.0785. The SMILES string of the molecule is O=C1CCC2(CCOC2)N1c1ccc(Br)cc1. The molecule has 2 fully saturated rings. The van der Waals surface area contributed by atoms with Crippen molar-refractivity contribution in [2.24, 2.45) is 0 Å². The van der Waals surface area contributed by atoms with Crippen molar-refractivity contribution in [1.29, 1.82) is 0 Å². The summed E-state index contributed by atoms with van der Waals surface area (Å²) in [5.74, 6) is 0.220. The first-order valence-electron chi connectivity index (χ1n) is 5.88. The maximum Gasteiger partial charge on any atom is 0.227 e. The topological polar surface area (TPSA) is 29.5 Å². The Labute approximate surface area is 109 Å². The predicted octanol–water partition coefficient (Wildman–Crippen LogP) is 2.74. The molecular formula is C13H14BrNO2. The van der Waals surface area contributed by atoms with Crippen LogP contribution in [0.3, 0.4) is 0 Å². The van der Waals surface area contributed by atoms with E-state index >= 15 is 0 Å². The van der Waals surface area contributed by atoms with Gasteiger partial charge < -0.3 is 9.64 Å².